The van der Waals surface area contributed by atoms with Crippen LogP contribution in [0.1, 0.15) is 13.8 Å². The number of allylic oxidation sites excluding steroid dienone is 1. The number of benzene rings is 1. The third-order valence-corrected chi connectivity index (χ3v) is 5.70. The Morgan fingerprint density at radius 2 is 1.84 bits per heavy atom. The van der Waals surface area contributed by atoms with Crippen LogP contribution in [0, 0.1) is 0 Å². The maximum Gasteiger partial charge on any atom is 0.332 e. The third kappa shape index (κ3) is 3.68. The number of amides is 3. The molecule has 1 aromatic rings. The minimum atomic E-state index is -3.50. The molecule has 1 aromatic carbocycles. The fourth-order valence-corrected chi connectivity index (χ4v) is 3.99. The molecule has 2 rings (SSSR count). The standard InChI is InChI=1S/C16H18Cl2N2O4S/c1-16(2)14(21)20(15(22)19(16)9-5-4-8-17)11-6-7-13(12(18)10-11)25(3,23)24/h4-7,10H,8-9H2,1-3H3. The van der Waals surface area contributed by atoms with Crippen LogP contribution in [0.15, 0.2) is 35.2 Å². The topological polar surface area (TPSA) is 74.8 Å². The largest absolute Gasteiger partial charge is 0.332 e. The Labute approximate surface area is 156 Å². The summed E-state index contributed by atoms with van der Waals surface area (Å²) in [5.74, 6) is -0.109. The molecule has 25 heavy (non-hydrogen) atoms. The molecule has 0 radical (unpaired) electrons. The van der Waals surface area contributed by atoms with E-state index in [1.54, 1.807) is 26.0 Å². The minimum Gasteiger partial charge on any atom is -0.306 e. The lowest BCUT2D eigenvalue weighted by atomic mass is 10.0. The van der Waals surface area contributed by atoms with Crippen LogP contribution < -0.4 is 4.90 Å². The van der Waals surface area contributed by atoms with Crippen molar-refractivity contribution in [2.45, 2.75) is 24.3 Å². The monoisotopic (exact) mass is 404 g/mol. The number of anilines is 1. The van der Waals surface area contributed by atoms with E-state index in [0.29, 0.717) is 5.88 Å². The van der Waals surface area contributed by atoms with Gasteiger partial charge in [-0.2, -0.15) is 0 Å². The van der Waals surface area contributed by atoms with Gasteiger partial charge in [0.15, 0.2) is 9.84 Å². The van der Waals surface area contributed by atoms with Crippen molar-refractivity contribution in [3.05, 3.63) is 35.4 Å². The number of imide groups is 1. The second kappa shape index (κ2) is 6.97. The summed E-state index contributed by atoms with van der Waals surface area (Å²) < 4.78 is 23.3. The van der Waals surface area contributed by atoms with Crippen molar-refractivity contribution < 1.29 is 18.0 Å². The van der Waals surface area contributed by atoms with Crippen molar-refractivity contribution in [3.8, 4) is 0 Å². The van der Waals surface area contributed by atoms with Gasteiger partial charge in [0.2, 0.25) is 0 Å². The quantitative estimate of drug-likeness (QED) is 0.429. The first-order valence-electron chi connectivity index (χ1n) is 7.38. The Bertz CT molecular complexity index is 850. The normalized spacial score (nSPS) is 17.8. The molecular weight excluding hydrogens is 387 g/mol. The molecule has 1 heterocycles. The number of urea groups is 1. The van der Waals surface area contributed by atoms with Crippen molar-refractivity contribution in [1.82, 2.24) is 4.90 Å². The summed E-state index contributed by atoms with van der Waals surface area (Å²) >= 11 is 11.6. The van der Waals surface area contributed by atoms with Crippen LogP contribution >= 0.6 is 23.2 Å². The smallest absolute Gasteiger partial charge is 0.306 e. The molecule has 0 atom stereocenters. The van der Waals surface area contributed by atoms with Gasteiger partial charge in [-0.05, 0) is 32.0 Å². The first kappa shape index (κ1) is 19.8. The summed E-state index contributed by atoms with van der Waals surface area (Å²) in [5.41, 5.74) is -0.820. The van der Waals surface area contributed by atoms with E-state index in [2.05, 4.69) is 0 Å². The minimum absolute atomic E-state index is 0.0427. The number of nitrogens with zero attached hydrogens (tertiary/aromatic N) is 2. The predicted molar refractivity (Wildman–Crippen MR) is 98.1 cm³/mol. The number of carbonyl (C=O) groups excluding carboxylic acids is 2. The summed E-state index contributed by atoms with van der Waals surface area (Å²) in [6.07, 6.45) is 4.44. The Morgan fingerprint density at radius 1 is 1.20 bits per heavy atom. The van der Waals surface area contributed by atoms with Gasteiger partial charge in [0.25, 0.3) is 5.91 Å². The van der Waals surface area contributed by atoms with Gasteiger partial charge in [-0.25, -0.2) is 18.1 Å². The van der Waals surface area contributed by atoms with E-state index in [-0.39, 0.29) is 22.2 Å². The van der Waals surface area contributed by atoms with Crippen LogP contribution in [0.25, 0.3) is 0 Å². The highest BCUT2D eigenvalue weighted by Crippen LogP contribution is 2.34. The molecular formula is C16H18Cl2N2O4S. The van der Waals surface area contributed by atoms with E-state index in [4.69, 9.17) is 23.2 Å². The van der Waals surface area contributed by atoms with E-state index in [1.807, 2.05) is 0 Å². The second-order valence-electron chi connectivity index (χ2n) is 6.11. The summed E-state index contributed by atoms with van der Waals surface area (Å²) in [6.45, 7) is 3.53. The van der Waals surface area contributed by atoms with Gasteiger partial charge >= 0.3 is 6.03 Å². The molecule has 0 aromatic heterocycles. The Morgan fingerprint density at radius 3 is 2.36 bits per heavy atom. The first-order valence-corrected chi connectivity index (χ1v) is 10.2. The summed E-state index contributed by atoms with van der Waals surface area (Å²) in [4.78, 5) is 27.8. The molecule has 136 valence electrons. The molecule has 1 saturated heterocycles. The van der Waals surface area contributed by atoms with Gasteiger partial charge in [-0.15, -0.1) is 11.6 Å². The number of hydrogen-bond acceptors (Lipinski definition) is 4. The average molecular weight is 405 g/mol. The zero-order chi connectivity index (χ0) is 19.0. The molecule has 0 aliphatic carbocycles. The van der Waals surface area contributed by atoms with Crippen molar-refractivity contribution in [2.75, 3.05) is 23.6 Å². The average Bonchev–Trinajstić information content (AvgIpc) is 2.65. The van der Waals surface area contributed by atoms with Crippen LogP contribution in [0.5, 0.6) is 0 Å². The highest BCUT2D eigenvalue weighted by Gasteiger charge is 2.51. The van der Waals surface area contributed by atoms with Gasteiger partial charge in [-0.3, -0.25) is 4.79 Å². The summed E-state index contributed by atoms with van der Waals surface area (Å²) in [6, 6.07) is 3.49. The maximum absolute atomic E-state index is 12.7. The molecule has 0 saturated carbocycles. The van der Waals surface area contributed by atoms with Crippen LogP contribution in [-0.4, -0.2) is 49.5 Å². The number of halogens is 2. The lowest BCUT2D eigenvalue weighted by molar-refractivity contribution is -0.123. The molecule has 1 fully saturated rings. The van der Waals surface area contributed by atoms with E-state index in [9.17, 15) is 18.0 Å². The zero-order valence-corrected chi connectivity index (χ0v) is 16.3. The first-order chi connectivity index (χ1) is 11.5. The number of sulfone groups is 1. The molecule has 0 unspecified atom stereocenters. The molecule has 0 N–H and O–H groups in total. The van der Waals surface area contributed by atoms with Crippen LogP contribution in [0.2, 0.25) is 5.02 Å². The summed E-state index contributed by atoms with van der Waals surface area (Å²) in [7, 11) is -3.50. The van der Waals surface area contributed by atoms with Gasteiger partial charge in [0, 0.05) is 18.7 Å². The van der Waals surface area contributed by atoms with E-state index < -0.39 is 27.3 Å². The van der Waals surface area contributed by atoms with Gasteiger partial charge < -0.3 is 4.90 Å². The third-order valence-electron chi connectivity index (χ3n) is 3.94. The van der Waals surface area contributed by atoms with Crippen molar-refractivity contribution in [1.29, 1.82) is 0 Å². The van der Waals surface area contributed by atoms with E-state index >= 15 is 0 Å². The van der Waals surface area contributed by atoms with Crippen molar-refractivity contribution in [2.24, 2.45) is 0 Å². The lowest BCUT2D eigenvalue weighted by Crippen LogP contribution is -2.44. The molecule has 1 aliphatic rings. The fraction of sp³-hybridized carbons (Fsp3) is 0.375. The van der Waals surface area contributed by atoms with Crippen LogP contribution in [0.4, 0.5) is 10.5 Å². The fourth-order valence-electron chi connectivity index (χ4n) is 2.54. The second-order valence-corrected chi connectivity index (χ2v) is 8.81. The van der Waals surface area contributed by atoms with Crippen LogP contribution in [0.3, 0.4) is 0 Å². The SMILES string of the molecule is CC1(C)C(=O)N(c2ccc(S(C)(=O)=O)c(Cl)c2)C(=O)N1CC=CCCl. The molecule has 9 heteroatoms. The van der Waals surface area contributed by atoms with Crippen LogP contribution in [-0.2, 0) is 14.6 Å². The van der Waals surface area contributed by atoms with E-state index in [1.165, 1.54) is 23.1 Å². The molecule has 0 spiro atoms. The predicted octanol–water partition coefficient (Wildman–Crippen LogP) is 3.09. The van der Waals surface area contributed by atoms with Crippen molar-refractivity contribution >= 4 is 50.7 Å². The number of rotatable bonds is 5. The maximum atomic E-state index is 12.7. The van der Waals surface area contributed by atoms with E-state index in [0.717, 1.165) is 11.2 Å². The number of carbonyl (C=O) groups is 2. The van der Waals surface area contributed by atoms with Gasteiger partial charge in [0.1, 0.15) is 5.54 Å². The van der Waals surface area contributed by atoms with Crippen molar-refractivity contribution in [3.63, 3.8) is 0 Å². The number of alkyl halides is 1. The highest BCUT2D eigenvalue weighted by atomic mass is 35.5. The summed E-state index contributed by atoms with van der Waals surface area (Å²) in [5, 5.41) is -0.0427. The zero-order valence-electron chi connectivity index (χ0n) is 14.0. The number of hydrogen-bond donors (Lipinski definition) is 0. The molecule has 3 amide bonds. The Balaban J connectivity index is 2.43. The highest BCUT2D eigenvalue weighted by molar-refractivity contribution is 7.90. The Hall–Kier alpha value is -1.57. The molecule has 6 nitrogen and oxygen atoms in total. The molecule has 0 bridgehead atoms. The van der Waals surface area contributed by atoms with Gasteiger partial charge in [0.05, 0.1) is 15.6 Å². The Kier molecular flexibility index (Phi) is 5.51. The molecule has 1 aliphatic heterocycles. The lowest BCUT2D eigenvalue weighted by Gasteiger charge is -2.26. The van der Waals surface area contributed by atoms with Gasteiger partial charge in [-0.1, -0.05) is 23.8 Å².